The minimum atomic E-state index is -0.395. The maximum absolute atomic E-state index is 12.2. The average molecular weight is 285 g/mol. The number of unbranched alkanes of at least 4 members (excludes halogenated alkanes) is 3. The Bertz CT molecular complexity index is 266. The maximum Gasteiger partial charge on any atom is 0.239 e. The zero-order chi connectivity index (χ0) is 14.8. The highest BCUT2D eigenvalue weighted by Crippen LogP contribution is 2.08. The van der Waals surface area contributed by atoms with Gasteiger partial charge in [-0.2, -0.15) is 0 Å². The van der Waals surface area contributed by atoms with Gasteiger partial charge in [-0.3, -0.25) is 9.69 Å². The molecule has 1 saturated heterocycles. The van der Waals surface area contributed by atoms with Crippen LogP contribution in [-0.4, -0.2) is 66.2 Å². The predicted molar refractivity (Wildman–Crippen MR) is 81.5 cm³/mol. The van der Waals surface area contributed by atoms with E-state index in [9.17, 15) is 4.79 Å². The lowest BCUT2D eigenvalue weighted by Crippen LogP contribution is -2.53. The third-order valence-corrected chi connectivity index (χ3v) is 4.00. The second-order valence-corrected chi connectivity index (χ2v) is 5.70. The number of hydrogen-bond acceptors (Lipinski definition) is 4. The Balaban J connectivity index is 2.21. The van der Waals surface area contributed by atoms with Gasteiger partial charge in [-0.1, -0.05) is 19.8 Å². The van der Waals surface area contributed by atoms with Gasteiger partial charge in [0.25, 0.3) is 0 Å². The molecule has 0 aromatic rings. The lowest BCUT2D eigenvalue weighted by molar-refractivity contribution is -0.134. The lowest BCUT2D eigenvalue weighted by atomic mass is 10.1. The number of carbonyl (C=O) groups excluding carboxylic acids is 1. The van der Waals surface area contributed by atoms with Crippen molar-refractivity contribution in [1.29, 1.82) is 0 Å². The fourth-order valence-corrected chi connectivity index (χ4v) is 2.61. The quantitative estimate of drug-likeness (QED) is 0.615. The first-order valence-electron chi connectivity index (χ1n) is 8.06. The molecule has 118 valence electrons. The molecule has 0 radical (unpaired) electrons. The van der Waals surface area contributed by atoms with Crippen molar-refractivity contribution in [2.75, 3.05) is 39.3 Å². The second-order valence-electron chi connectivity index (χ2n) is 5.70. The molecule has 1 heterocycles. The molecule has 1 amide bonds. The number of piperazine rings is 1. The molecule has 1 aliphatic rings. The van der Waals surface area contributed by atoms with Crippen LogP contribution in [0.5, 0.6) is 0 Å². The number of amides is 1. The molecule has 1 aliphatic heterocycles. The molecule has 1 atom stereocenters. The standard InChI is InChI=1S/C15H31N3O2/c1-2-3-5-8-17-9-11-18(12-10-17)15(20)14(16)7-4-6-13-19/h14,19H,2-13,16H2,1H3. The van der Waals surface area contributed by atoms with Crippen molar-refractivity contribution in [2.45, 2.75) is 51.5 Å². The molecule has 0 spiro atoms. The van der Waals surface area contributed by atoms with Crippen molar-refractivity contribution < 1.29 is 9.90 Å². The fourth-order valence-electron chi connectivity index (χ4n) is 2.61. The van der Waals surface area contributed by atoms with Gasteiger partial charge in [0.2, 0.25) is 5.91 Å². The van der Waals surface area contributed by atoms with Gasteiger partial charge >= 0.3 is 0 Å². The van der Waals surface area contributed by atoms with Gasteiger partial charge in [0.15, 0.2) is 0 Å². The highest BCUT2D eigenvalue weighted by atomic mass is 16.2. The smallest absolute Gasteiger partial charge is 0.239 e. The van der Waals surface area contributed by atoms with Crippen LogP contribution < -0.4 is 5.73 Å². The first-order valence-corrected chi connectivity index (χ1v) is 8.06. The van der Waals surface area contributed by atoms with Gasteiger partial charge in [0.05, 0.1) is 6.04 Å². The maximum atomic E-state index is 12.2. The highest BCUT2D eigenvalue weighted by Gasteiger charge is 2.24. The van der Waals surface area contributed by atoms with Gasteiger partial charge < -0.3 is 15.7 Å². The SMILES string of the molecule is CCCCCN1CCN(C(=O)C(N)CCCCO)CC1. The summed E-state index contributed by atoms with van der Waals surface area (Å²) in [5, 5.41) is 8.74. The number of aliphatic hydroxyl groups is 1. The van der Waals surface area contributed by atoms with Gasteiger partial charge in [-0.25, -0.2) is 0 Å². The number of nitrogens with two attached hydrogens (primary N) is 1. The summed E-state index contributed by atoms with van der Waals surface area (Å²) in [6.45, 7) is 7.10. The van der Waals surface area contributed by atoms with Gasteiger partial charge in [-0.15, -0.1) is 0 Å². The van der Waals surface area contributed by atoms with Crippen molar-refractivity contribution in [1.82, 2.24) is 9.80 Å². The van der Waals surface area contributed by atoms with E-state index in [0.717, 1.165) is 45.6 Å². The van der Waals surface area contributed by atoms with Crippen molar-refractivity contribution >= 4 is 5.91 Å². The van der Waals surface area contributed by atoms with Crippen LogP contribution in [0.4, 0.5) is 0 Å². The Labute approximate surface area is 123 Å². The summed E-state index contributed by atoms with van der Waals surface area (Å²) in [6, 6.07) is -0.395. The van der Waals surface area contributed by atoms with E-state index in [0.29, 0.717) is 6.42 Å². The van der Waals surface area contributed by atoms with Crippen LogP contribution in [0.1, 0.15) is 45.4 Å². The van der Waals surface area contributed by atoms with E-state index in [1.165, 1.54) is 19.3 Å². The van der Waals surface area contributed by atoms with Crippen LogP contribution in [-0.2, 0) is 4.79 Å². The van der Waals surface area contributed by atoms with Gasteiger partial charge in [-0.05, 0) is 32.2 Å². The molecular weight excluding hydrogens is 254 g/mol. The van der Waals surface area contributed by atoms with E-state index in [1.807, 2.05) is 4.90 Å². The first-order chi connectivity index (χ1) is 9.69. The summed E-state index contributed by atoms with van der Waals surface area (Å²) in [7, 11) is 0. The number of rotatable bonds is 9. The molecule has 0 bridgehead atoms. The van der Waals surface area contributed by atoms with E-state index < -0.39 is 6.04 Å². The van der Waals surface area contributed by atoms with Crippen LogP contribution in [0.15, 0.2) is 0 Å². The van der Waals surface area contributed by atoms with Gasteiger partial charge in [0.1, 0.15) is 0 Å². The number of aliphatic hydroxyl groups excluding tert-OH is 1. The van der Waals surface area contributed by atoms with Crippen molar-refractivity contribution in [3.8, 4) is 0 Å². The Morgan fingerprint density at radius 1 is 1.15 bits per heavy atom. The number of nitrogens with zero attached hydrogens (tertiary/aromatic N) is 2. The summed E-state index contributed by atoms with van der Waals surface area (Å²) in [5.41, 5.74) is 5.94. The fraction of sp³-hybridized carbons (Fsp3) is 0.933. The molecule has 20 heavy (non-hydrogen) atoms. The molecule has 5 heteroatoms. The summed E-state index contributed by atoms with van der Waals surface area (Å²) in [4.78, 5) is 16.5. The van der Waals surface area contributed by atoms with Crippen molar-refractivity contribution in [3.63, 3.8) is 0 Å². The number of hydrogen-bond donors (Lipinski definition) is 2. The van der Waals surface area contributed by atoms with Crippen LogP contribution in [0, 0.1) is 0 Å². The average Bonchev–Trinajstić information content (AvgIpc) is 2.47. The van der Waals surface area contributed by atoms with Crippen molar-refractivity contribution in [3.05, 3.63) is 0 Å². The van der Waals surface area contributed by atoms with E-state index in [1.54, 1.807) is 0 Å². The molecule has 1 fully saturated rings. The molecule has 0 aromatic heterocycles. The summed E-state index contributed by atoms with van der Waals surface area (Å²) in [5.74, 6) is 0.0798. The van der Waals surface area contributed by atoms with Crippen LogP contribution >= 0.6 is 0 Å². The van der Waals surface area contributed by atoms with E-state index in [-0.39, 0.29) is 12.5 Å². The third-order valence-electron chi connectivity index (χ3n) is 4.00. The lowest BCUT2D eigenvalue weighted by Gasteiger charge is -2.36. The monoisotopic (exact) mass is 285 g/mol. The third kappa shape index (κ3) is 6.20. The molecule has 0 saturated carbocycles. The van der Waals surface area contributed by atoms with Crippen LogP contribution in [0.3, 0.4) is 0 Å². The topological polar surface area (TPSA) is 69.8 Å². The Morgan fingerprint density at radius 3 is 2.45 bits per heavy atom. The zero-order valence-electron chi connectivity index (χ0n) is 12.9. The van der Waals surface area contributed by atoms with Crippen LogP contribution in [0.25, 0.3) is 0 Å². The summed E-state index contributed by atoms with van der Waals surface area (Å²) >= 11 is 0. The molecule has 1 rings (SSSR count). The summed E-state index contributed by atoms with van der Waals surface area (Å²) in [6.07, 6.45) is 6.02. The Hall–Kier alpha value is -0.650. The predicted octanol–water partition coefficient (Wildman–Crippen LogP) is 0.811. The largest absolute Gasteiger partial charge is 0.396 e. The molecule has 5 nitrogen and oxygen atoms in total. The van der Waals surface area contributed by atoms with E-state index >= 15 is 0 Å². The zero-order valence-corrected chi connectivity index (χ0v) is 12.9. The molecule has 3 N–H and O–H groups in total. The van der Waals surface area contributed by atoms with Gasteiger partial charge in [0, 0.05) is 32.8 Å². The minimum Gasteiger partial charge on any atom is -0.396 e. The molecule has 0 aromatic carbocycles. The Morgan fingerprint density at radius 2 is 1.85 bits per heavy atom. The second kappa shape index (κ2) is 10.1. The molecule has 0 aliphatic carbocycles. The van der Waals surface area contributed by atoms with Crippen molar-refractivity contribution in [2.24, 2.45) is 5.73 Å². The molecule has 1 unspecified atom stereocenters. The Kier molecular flexibility index (Phi) is 8.82. The van der Waals surface area contributed by atoms with Crippen LogP contribution in [0.2, 0.25) is 0 Å². The normalized spacial score (nSPS) is 18.2. The summed E-state index contributed by atoms with van der Waals surface area (Å²) < 4.78 is 0. The highest BCUT2D eigenvalue weighted by molar-refractivity contribution is 5.81. The van der Waals surface area contributed by atoms with E-state index in [4.69, 9.17) is 10.8 Å². The molecular formula is C15H31N3O2. The first kappa shape index (κ1) is 17.4. The number of carbonyl (C=O) groups is 1. The van der Waals surface area contributed by atoms with E-state index in [2.05, 4.69) is 11.8 Å². The minimum absolute atomic E-state index is 0.0798.